The van der Waals surface area contributed by atoms with E-state index < -0.39 is 11.7 Å². The number of tetrazole rings is 1. The van der Waals surface area contributed by atoms with Gasteiger partial charge in [-0.05, 0) is 42.0 Å². The third kappa shape index (κ3) is 4.86. The summed E-state index contributed by atoms with van der Waals surface area (Å²) in [6.07, 6.45) is -4.47. The summed E-state index contributed by atoms with van der Waals surface area (Å²) in [5.74, 6) is -0.361. The number of alkyl halides is 3. The summed E-state index contributed by atoms with van der Waals surface area (Å²) in [5.41, 5.74) is 0.223. The van der Waals surface area contributed by atoms with Gasteiger partial charge in [0.05, 0.1) is 11.6 Å². The fraction of sp³-hybridized carbons (Fsp3) is 0.222. The van der Waals surface area contributed by atoms with Crippen LogP contribution >= 0.6 is 11.6 Å². The van der Waals surface area contributed by atoms with E-state index in [1.165, 1.54) is 12.1 Å². The quantitative estimate of drug-likeness (QED) is 0.694. The van der Waals surface area contributed by atoms with Crippen molar-refractivity contribution in [3.63, 3.8) is 0 Å². The van der Waals surface area contributed by atoms with Gasteiger partial charge in [0.25, 0.3) is 0 Å². The Hall–Kier alpha value is -2.94. The van der Waals surface area contributed by atoms with Crippen LogP contribution in [0.25, 0.3) is 11.4 Å². The van der Waals surface area contributed by atoms with Gasteiger partial charge in [0.2, 0.25) is 11.7 Å². The molecule has 6 nitrogen and oxygen atoms in total. The molecule has 1 N–H and O–H groups in total. The van der Waals surface area contributed by atoms with Crippen LogP contribution in [0.3, 0.4) is 0 Å². The Kier molecular flexibility index (Phi) is 5.64. The number of hydrogen-bond acceptors (Lipinski definition) is 4. The van der Waals surface area contributed by atoms with Crippen LogP contribution in [0.2, 0.25) is 5.02 Å². The summed E-state index contributed by atoms with van der Waals surface area (Å²) in [6, 6.07) is 11.4. The van der Waals surface area contributed by atoms with Crippen molar-refractivity contribution in [3.8, 4) is 11.4 Å². The van der Waals surface area contributed by atoms with Crippen LogP contribution < -0.4 is 5.32 Å². The predicted octanol–water partition coefficient (Wildman–Crippen LogP) is 3.89. The number of halogens is 4. The molecule has 0 spiro atoms. The van der Waals surface area contributed by atoms with Gasteiger partial charge in [-0.25, -0.2) is 0 Å². The number of carbonyl (C=O) groups excluding carboxylic acids is 1. The first-order valence-corrected chi connectivity index (χ1v) is 8.60. The maximum atomic E-state index is 12.8. The smallest absolute Gasteiger partial charge is 0.348 e. The highest BCUT2D eigenvalue weighted by molar-refractivity contribution is 6.30. The van der Waals surface area contributed by atoms with Crippen molar-refractivity contribution < 1.29 is 18.0 Å². The molecule has 1 atom stereocenters. The van der Waals surface area contributed by atoms with Gasteiger partial charge < -0.3 is 5.32 Å². The maximum Gasteiger partial charge on any atom is 0.416 e. The summed E-state index contributed by atoms with van der Waals surface area (Å²) in [7, 11) is 0. The van der Waals surface area contributed by atoms with Gasteiger partial charge in [-0.15, -0.1) is 10.2 Å². The first kappa shape index (κ1) is 19.8. The molecule has 10 heteroatoms. The van der Waals surface area contributed by atoms with Gasteiger partial charge in [0, 0.05) is 10.6 Å². The lowest BCUT2D eigenvalue weighted by Crippen LogP contribution is -2.30. The number of benzene rings is 2. The van der Waals surface area contributed by atoms with E-state index in [4.69, 9.17) is 11.6 Å². The molecule has 146 valence electrons. The average molecular weight is 410 g/mol. The van der Waals surface area contributed by atoms with Crippen molar-refractivity contribution in [2.24, 2.45) is 0 Å². The molecule has 3 aromatic rings. The van der Waals surface area contributed by atoms with E-state index in [2.05, 4.69) is 20.7 Å². The summed E-state index contributed by atoms with van der Waals surface area (Å²) in [4.78, 5) is 13.2. The molecule has 0 saturated heterocycles. The molecular weight excluding hydrogens is 395 g/mol. The summed E-state index contributed by atoms with van der Waals surface area (Å²) in [5, 5.41) is 14.8. The third-order valence-corrected chi connectivity index (χ3v) is 4.19. The molecule has 0 radical (unpaired) electrons. The van der Waals surface area contributed by atoms with Crippen LogP contribution in [0.4, 0.5) is 13.2 Å². The minimum absolute atomic E-state index is 0.00431. The minimum Gasteiger partial charge on any atom is -0.348 e. The topological polar surface area (TPSA) is 72.7 Å². The van der Waals surface area contributed by atoms with Gasteiger partial charge in [-0.1, -0.05) is 35.9 Å². The van der Waals surface area contributed by atoms with Crippen LogP contribution in [0.5, 0.6) is 0 Å². The van der Waals surface area contributed by atoms with Gasteiger partial charge in [0.15, 0.2) is 0 Å². The van der Waals surface area contributed by atoms with Crippen molar-refractivity contribution in [1.82, 2.24) is 25.5 Å². The minimum atomic E-state index is -4.47. The maximum absolute atomic E-state index is 12.8. The van der Waals surface area contributed by atoms with Gasteiger partial charge in [-0.2, -0.15) is 18.0 Å². The molecule has 3 rings (SSSR count). The highest BCUT2D eigenvalue weighted by Gasteiger charge is 2.30. The first-order chi connectivity index (χ1) is 13.2. The zero-order chi connectivity index (χ0) is 20.3. The Labute approximate surface area is 163 Å². The second kappa shape index (κ2) is 7.97. The number of hydrogen-bond donors (Lipinski definition) is 1. The molecule has 1 unspecified atom stereocenters. The van der Waals surface area contributed by atoms with Crippen LogP contribution in [0.1, 0.15) is 24.1 Å². The van der Waals surface area contributed by atoms with E-state index in [1.54, 1.807) is 24.3 Å². The zero-order valence-electron chi connectivity index (χ0n) is 14.6. The van der Waals surface area contributed by atoms with Crippen molar-refractivity contribution in [2.45, 2.75) is 25.7 Å². The molecular formula is C18H15ClF3N5O. The normalized spacial score (nSPS) is 12.6. The molecule has 2 aromatic carbocycles. The molecule has 1 amide bonds. The van der Waals surface area contributed by atoms with E-state index in [-0.39, 0.29) is 29.9 Å². The number of aromatic nitrogens is 4. The molecule has 0 aliphatic carbocycles. The Bertz CT molecular complexity index is 972. The third-order valence-electron chi connectivity index (χ3n) is 3.93. The molecule has 1 aromatic heterocycles. The molecule has 0 bridgehead atoms. The Morgan fingerprint density at radius 2 is 1.93 bits per heavy atom. The van der Waals surface area contributed by atoms with Gasteiger partial charge in [-0.3, -0.25) is 4.79 Å². The highest BCUT2D eigenvalue weighted by atomic mass is 35.5. The average Bonchev–Trinajstić information content (AvgIpc) is 3.10. The lowest BCUT2D eigenvalue weighted by atomic mass is 10.1. The molecule has 0 fully saturated rings. The summed E-state index contributed by atoms with van der Waals surface area (Å²) < 4.78 is 38.5. The number of rotatable bonds is 5. The zero-order valence-corrected chi connectivity index (χ0v) is 15.4. The number of nitrogens with one attached hydrogen (secondary N) is 1. The lowest BCUT2D eigenvalue weighted by Gasteiger charge is -2.14. The van der Waals surface area contributed by atoms with E-state index in [0.29, 0.717) is 5.02 Å². The van der Waals surface area contributed by atoms with Crippen LogP contribution in [-0.4, -0.2) is 26.1 Å². The Morgan fingerprint density at radius 3 is 2.61 bits per heavy atom. The van der Waals surface area contributed by atoms with Gasteiger partial charge in [0.1, 0.15) is 6.54 Å². The van der Waals surface area contributed by atoms with Crippen LogP contribution in [-0.2, 0) is 17.5 Å². The number of carbonyl (C=O) groups is 1. The predicted molar refractivity (Wildman–Crippen MR) is 96.3 cm³/mol. The lowest BCUT2D eigenvalue weighted by molar-refractivity contribution is -0.137. The number of amides is 1. The molecule has 0 saturated carbocycles. The highest BCUT2D eigenvalue weighted by Crippen LogP contribution is 2.31. The molecule has 1 heterocycles. The van der Waals surface area contributed by atoms with E-state index in [9.17, 15) is 18.0 Å². The Balaban J connectivity index is 1.66. The van der Waals surface area contributed by atoms with Crippen molar-refractivity contribution >= 4 is 17.5 Å². The fourth-order valence-electron chi connectivity index (χ4n) is 2.51. The molecule has 0 aliphatic heterocycles. The summed E-state index contributed by atoms with van der Waals surface area (Å²) in [6.45, 7) is 1.59. The SMILES string of the molecule is CC(NC(=O)Cn1nnc(-c2cccc(C(F)(F)F)c2)n1)c1ccc(Cl)cc1. The second-order valence-corrected chi connectivity index (χ2v) is 6.50. The van der Waals surface area contributed by atoms with Gasteiger partial charge >= 0.3 is 6.18 Å². The van der Waals surface area contributed by atoms with E-state index in [1.807, 2.05) is 6.92 Å². The van der Waals surface area contributed by atoms with Crippen molar-refractivity contribution in [1.29, 1.82) is 0 Å². The van der Waals surface area contributed by atoms with Crippen LogP contribution in [0, 0.1) is 0 Å². The summed E-state index contributed by atoms with van der Waals surface area (Å²) >= 11 is 5.84. The van der Waals surface area contributed by atoms with E-state index in [0.717, 1.165) is 22.5 Å². The largest absolute Gasteiger partial charge is 0.416 e. The van der Waals surface area contributed by atoms with Crippen molar-refractivity contribution in [3.05, 3.63) is 64.7 Å². The monoisotopic (exact) mass is 409 g/mol. The van der Waals surface area contributed by atoms with E-state index >= 15 is 0 Å². The molecule has 28 heavy (non-hydrogen) atoms. The standard InChI is InChI=1S/C18H15ClF3N5O/c1-11(12-5-7-15(19)8-6-12)23-16(28)10-27-25-17(24-26-27)13-3-2-4-14(9-13)18(20,21)22/h2-9,11H,10H2,1H3,(H,23,28). The molecule has 0 aliphatic rings. The van der Waals surface area contributed by atoms with Crippen LogP contribution in [0.15, 0.2) is 48.5 Å². The fourth-order valence-corrected chi connectivity index (χ4v) is 2.64. The first-order valence-electron chi connectivity index (χ1n) is 8.22. The Morgan fingerprint density at radius 1 is 1.21 bits per heavy atom. The van der Waals surface area contributed by atoms with Crippen molar-refractivity contribution in [2.75, 3.05) is 0 Å². The number of nitrogens with zero attached hydrogens (tertiary/aromatic N) is 4. The second-order valence-electron chi connectivity index (χ2n) is 6.06.